The van der Waals surface area contributed by atoms with E-state index in [4.69, 9.17) is 11.6 Å². The fourth-order valence-corrected chi connectivity index (χ4v) is 3.56. The van der Waals surface area contributed by atoms with Crippen molar-refractivity contribution in [3.05, 3.63) is 93.6 Å². The average molecular weight is 442 g/mol. The summed E-state index contributed by atoms with van der Waals surface area (Å²) in [7, 11) is -3.95. The number of anilines is 1. The van der Waals surface area contributed by atoms with E-state index < -0.39 is 10.0 Å². The second kappa shape index (κ2) is 9.06. The molecule has 154 valence electrons. The van der Waals surface area contributed by atoms with E-state index in [-0.39, 0.29) is 16.6 Å². The molecule has 9 heteroatoms. The molecular weight excluding hydrogens is 424 g/mol. The van der Waals surface area contributed by atoms with Gasteiger partial charge in [0.25, 0.3) is 0 Å². The molecule has 0 fully saturated rings. The van der Waals surface area contributed by atoms with E-state index in [9.17, 15) is 13.2 Å². The third kappa shape index (κ3) is 5.65. The summed E-state index contributed by atoms with van der Waals surface area (Å²) in [5.74, 6) is -0.288. The van der Waals surface area contributed by atoms with Gasteiger partial charge in [-0.3, -0.25) is 9.52 Å². The number of sulfonamides is 1. The van der Waals surface area contributed by atoms with Gasteiger partial charge in [-0.15, -0.1) is 0 Å². The Bertz CT molecular complexity index is 1170. The van der Waals surface area contributed by atoms with Gasteiger partial charge in [-0.25, -0.2) is 8.42 Å². The molecule has 0 unspecified atom stereocenters. The van der Waals surface area contributed by atoms with Crippen LogP contribution in [0.4, 0.5) is 11.6 Å². The molecule has 0 saturated heterocycles. The van der Waals surface area contributed by atoms with E-state index >= 15 is 0 Å². The molecule has 7 nitrogen and oxygen atoms in total. The molecule has 3 rings (SSSR count). The molecule has 1 N–H and O–H groups in total. The Morgan fingerprint density at radius 2 is 1.60 bits per heavy atom. The van der Waals surface area contributed by atoms with Gasteiger partial charge >= 0.3 is 0 Å². The summed E-state index contributed by atoms with van der Waals surface area (Å²) < 4.78 is 28.7. The summed E-state index contributed by atoms with van der Waals surface area (Å²) in [5, 5.41) is 3.48. The molecule has 0 atom stereocenters. The van der Waals surface area contributed by atoms with Crippen molar-refractivity contribution < 1.29 is 13.2 Å². The number of halogens is 1. The highest BCUT2D eigenvalue weighted by molar-refractivity contribution is 7.94. The van der Waals surface area contributed by atoms with E-state index in [1.54, 1.807) is 56.3 Å². The average Bonchev–Trinajstić information content (AvgIpc) is 2.67. The van der Waals surface area contributed by atoms with Gasteiger partial charge in [0.15, 0.2) is 5.78 Å². The first-order valence-corrected chi connectivity index (χ1v) is 10.7. The SMILES string of the molecule is Cc1cc(C)nc([N-]S(=O)(=O)c2ccc(N/C=C/C(=O)c3ccc(Cl)cc3)cc2)n1. The highest BCUT2D eigenvalue weighted by Crippen LogP contribution is 2.25. The molecule has 1 aromatic heterocycles. The Morgan fingerprint density at radius 3 is 2.20 bits per heavy atom. The highest BCUT2D eigenvalue weighted by atomic mass is 35.5. The summed E-state index contributed by atoms with van der Waals surface area (Å²) in [6, 6.07) is 14.3. The normalized spacial score (nSPS) is 11.4. The van der Waals surface area contributed by atoms with Crippen LogP contribution in [0.3, 0.4) is 0 Å². The zero-order valence-electron chi connectivity index (χ0n) is 16.2. The summed E-state index contributed by atoms with van der Waals surface area (Å²) in [6.45, 7) is 3.48. The van der Waals surface area contributed by atoms with E-state index in [0.717, 1.165) is 0 Å². The number of carbonyl (C=O) groups is 1. The van der Waals surface area contributed by atoms with Crippen molar-refractivity contribution >= 4 is 39.0 Å². The maximum absolute atomic E-state index is 12.5. The van der Waals surface area contributed by atoms with E-state index in [1.165, 1.54) is 24.4 Å². The maximum atomic E-state index is 12.5. The van der Waals surface area contributed by atoms with Crippen molar-refractivity contribution in [1.82, 2.24) is 9.97 Å². The number of hydrogen-bond acceptors (Lipinski definition) is 6. The topological polar surface area (TPSA) is 103 Å². The van der Waals surface area contributed by atoms with Crippen LogP contribution in [0, 0.1) is 13.8 Å². The summed E-state index contributed by atoms with van der Waals surface area (Å²) in [5.41, 5.74) is 2.39. The van der Waals surface area contributed by atoms with Crippen LogP contribution in [-0.4, -0.2) is 24.2 Å². The van der Waals surface area contributed by atoms with Crippen LogP contribution in [0.1, 0.15) is 21.7 Å². The second-order valence-corrected chi connectivity index (χ2v) is 8.43. The molecule has 1 heterocycles. The van der Waals surface area contributed by atoms with Crippen molar-refractivity contribution in [1.29, 1.82) is 0 Å². The van der Waals surface area contributed by atoms with Crippen molar-refractivity contribution in [2.75, 3.05) is 5.32 Å². The minimum absolute atomic E-state index is 0.0111. The summed E-state index contributed by atoms with van der Waals surface area (Å²) >= 11 is 5.81. The minimum atomic E-state index is -3.95. The Labute approximate surface area is 179 Å². The maximum Gasteiger partial charge on any atom is 0.229 e. The van der Waals surface area contributed by atoms with E-state index in [2.05, 4.69) is 20.0 Å². The molecule has 3 aromatic rings. The Morgan fingerprint density at radius 1 is 1.00 bits per heavy atom. The van der Waals surface area contributed by atoms with Crippen molar-refractivity contribution in [3.63, 3.8) is 0 Å². The number of nitrogens with zero attached hydrogens (tertiary/aromatic N) is 3. The van der Waals surface area contributed by atoms with Crippen LogP contribution in [0.5, 0.6) is 0 Å². The largest absolute Gasteiger partial charge is 0.363 e. The molecule has 30 heavy (non-hydrogen) atoms. The lowest BCUT2D eigenvalue weighted by Gasteiger charge is -2.15. The molecule has 0 aliphatic rings. The fourth-order valence-electron chi connectivity index (χ4n) is 2.56. The molecule has 0 radical (unpaired) electrons. The van der Waals surface area contributed by atoms with Gasteiger partial charge < -0.3 is 15.3 Å². The number of nitrogens with one attached hydrogen (secondary N) is 1. The highest BCUT2D eigenvalue weighted by Gasteiger charge is 2.12. The zero-order chi connectivity index (χ0) is 21.7. The van der Waals surface area contributed by atoms with E-state index in [1.807, 2.05) is 0 Å². The van der Waals surface area contributed by atoms with Gasteiger partial charge in [0.05, 0.1) is 4.90 Å². The molecule has 0 spiro atoms. The Kier molecular flexibility index (Phi) is 6.49. The molecule has 0 aliphatic carbocycles. The van der Waals surface area contributed by atoms with Gasteiger partial charge in [0.1, 0.15) is 0 Å². The first-order valence-electron chi connectivity index (χ1n) is 8.86. The first-order chi connectivity index (χ1) is 14.2. The third-order valence-electron chi connectivity index (χ3n) is 3.94. The van der Waals surface area contributed by atoms with Crippen LogP contribution in [0.25, 0.3) is 4.72 Å². The lowest BCUT2D eigenvalue weighted by atomic mass is 10.1. The number of allylic oxidation sites excluding steroid dienone is 1. The van der Waals surface area contributed by atoms with Gasteiger partial charge in [0, 0.05) is 34.5 Å². The quantitative estimate of drug-likeness (QED) is 0.411. The number of carbonyl (C=O) groups excluding carboxylic acids is 1. The number of hydrogen-bond donors (Lipinski definition) is 1. The molecule has 0 aliphatic heterocycles. The van der Waals surface area contributed by atoms with Gasteiger partial charge in [0.2, 0.25) is 10.0 Å². The lowest BCUT2D eigenvalue weighted by Crippen LogP contribution is -2.01. The number of rotatable bonds is 7. The van der Waals surface area contributed by atoms with Gasteiger partial charge in [-0.1, -0.05) is 17.7 Å². The lowest BCUT2D eigenvalue weighted by molar-refractivity contribution is 0.104. The van der Waals surface area contributed by atoms with Crippen LogP contribution in [0.2, 0.25) is 5.02 Å². The number of aromatic nitrogens is 2. The molecule has 0 saturated carbocycles. The van der Waals surface area contributed by atoms with Gasteiger partial charge in [-0.05, 0) is 73.8 Å². The Balaban J connectivity index is 1.65. The molecule has 0 amide bonds. The number of aryl methyl sites for hydroxylation is 2. The first kappa shape index (κ1) is 21.5. The molecular formula is C21H18ClN4O3S-. The number of benzene rings is 2. The minimum Gasteiger partial charge on any atom is -0.363 e. The van der Waals surface area contributed by atoms with Gasteiger partial charge in [-0.2, -0.15) is 0 Å². The number of ketones is 1. The van der Waals surface area contributed by atoms with Crippen molar-refractivity contribution in [2.45, 2.75) is 18.7 Å². The smallest absolute Gasteiger partial charge is 0.229 e. The monoisotopic (exact) mass is 441 g/mol. The standard InChI is InChI=1S/C21H19ClN4O3S/c1-14-13-15(2)25-21(24-14)26-30(28,29)19-9-7-18(8-10-19)23-12-11-20(27)16-3-5-17(22)6-4-16/h3-13H,1-2H3,(H2,23,24,25,26,27)/p-1. The molecule has 0 bridgehead atoms. The predicted octanol–water partition coefficient (Wildman–Crippen LogP) is 4.95. The van der Waals surface area contributed by atoms with Crippen molar-refractivity contribution in [2.24, 2.45) is 0 Å². The second-order valence-electron chi connectivity index (χ2n) is 6.39. The van der Waals surface area contributed by atoms with Crippen LogP contribution >= 0.6 is 11.6 Å². The van der Waals surface area contributed by atoms with Crippen molar-refractivity contribution in [3.8, 4) is 0 Å². The fraction of sp³-hybridized carbons (Fsp3) is 0.0952. The Hall–Kier alpha value is -3.23. The summed E-state index contributed by atoms with van der Waals surface area (Å²) in [6.07, 6.45) is 2.86. The molecule has 2 aromatic carbocycles. The van der Waals surface area contributed by atoms with Crippen LogP contribution in [0.15, 0.2) is 71.8 Å². The van der Waals surface area contributed by atoms with E-state index in [0.29, 0.717) is 27.7 Å². The zero-order valence-corrected chi connectivity index (χ0v) is 17.8. The summed E-state index contributed by atoms with van der Waals surface area (Å²) in [4.78, 5) is 20.2. The third-order valence-corrected chi connectivity index (χ3v) is 5.46. The predicted molar refractivity (Wildman–Crippen MR) is 117 cm³/mol. The van der Waals surface area contributed by atoms with Crippen LogP contribution in [-0.2, 0) is 10.0 Å². The van der Waals surface area contributed by atoms with Crippen LogP contribution < -0.4 is 5.32 Å².